The summed E-state index contributed by atoms with van der Waals surface area (Å²) in [4.78, 5) is 7.81. The molecule has 0 unspecified atom stereocenters. The molecule has 0 saturated heterocycles. The predicted octanol–water partition coefficient (Wildman–Crippen LogP) is 0.935. The van der Waals surface area contributed by atoms with E-state index < -0.39 is 0 Å². The fourth-order valence-electron chi connectivity index (χ4n) is 2.18. The Kier molecular flexibility index (Phi) is 5.67. The van der Waals surface area contributed by atoms with Gasteiger partial charge in [0.1, 0.15) is 0 Å². The van der Waals surface area contributed by atoms with E-state index in [1.54, 1.807) is 0 Å². The van der Waals surface area contributed by atoms with E-state index in [1.807, 2.05) is 0 Å². The van der Waals surface area contributed by atoms with E-state index in [9.17, 15) is 0 Å². The number of hydrogen-bond donors (Lipinski definition) is 3. The van der Waals surface area contributed by atoms with Crippen molar-refractivity contribution in [1.29, 1.82) is 0 Å². The second kappa shape index (κ2) is 7.09. The molecule has 1 rings (SSSR count). The maximum atomic E-state index is 5.52. The molecule has 0 spiro atoms. The lowest BCUT2D eigenvalue weighted by molar-refractivity contribution is 0.434. The van der Waals surface area contributed by atoms with Gasteiger partial charge in [-0.05, 0) is 12.3 Å². The molecule has 6 N–H and O–H groups in total. The average Bonchev–Trinajstić information content (AvgIpc) is 2.45. The third-order valence-corrected chi connectivity index (χ3v) is 3.03. The largest absolute Gasteiger partial charge is 0.370 e. The Morgan fingerprint density at radius 3 is 2.19 bits per heavy atom. The Morgan fingerprint density at radius 1 is 1.00 bits per heavy atom. The summed E-state index contributed by atoms with van der Waals surface area (Å²) in [5.74, 6) is 0.961. The van der Waals surface area contributed by atoms with Crippen molar-refractivity contribution in [2.24, 2.45) is 33.1 Å². The first-order chi connectivity index (χ1) is 7.68. The highest BCUT2D eigenvalue weighted by molar-refractivity contribution is 5.92. The Labute approximate surface area is 97.2 Å². The summed E-state index contributed by atoms with van der Waals surface area (Å²) in [6.45, 7) is 0.729. The third kappa shape index (κ3) is 5.58. The van der Waals surface area contributed by atoms with Gasteiger partial charge in [0.2, 0.25) is 5.96 Å². The van der Waals surface area contributed by atoms with Crippen LogP contribution in [-0.2, 0) is 0 Å². The molecule has 5 heteroatoms. The number of nitrogens with zero attached hydrogens (tertiary/aromatic N) is 2. The first-order valence-electron chi connectivity index (χ1n) is 6.08. The van der Waals surface area contributed by atoms with Crippen LogP contribution in [0.4, 0.5) is 0 Å². The first-order valence-corrected chi connectivity index (χ1v) is 6.08. The van der Waals surface area contributed by atoms with Crippen LogP contribution in [0.3, 0.4) is 0 Å². The van der Waals surface area contributed by atoms with E-state index in [1.165, 1.54) is 38.5 Å². The average molecular weight is 225 g/mol. The van der Waals surface area contributed by atoms with Crippen LogP contribution in [0.25, 0.3) is 0 Å². The van der Waals surface area contributed by atoms with E-state index in [0.717, 1.165) is 18.9 Å². The highest BCUT2D eigenvalue weighted by atomic mass is 15.1. The zero-order valence-electron chi connectivity index (χ0n) is 9.86. The van der Waals surface area contributed by atoms with E-state index in [4.69, 9.17) is 17.2 Å². The minimum atomic E-state index is -0.0317. The van der Waals surface area contributed by atoms with E-state index >= 15 is 0 Å². The molecular weight excluding hydrogens is 202 g/mol. The van der Waals surface area contributed by atoms with Gasteiger partial charge < -0.3 is 17.2 Å². The van der Waals surface area contributed by atoms with Crippen LogP contribution in [0, 0.1) is 5.92 Å². The van der Waals surface area contributed by atoms with E-state index in [0.29, 0.717) is 0 Å². The summed E-state index contributed by atoms with van der Waals surface area (Å²) in [6, 6.07) is 0. The van der Waals surface area contributed by atoms with Gasteiger partial charge in [-0.15, -0.1) is 0 Å². The Balaban J connectivity index is 2.25. The Morgan fingerprint density at radius 2 is 1.62 bits per heavy atom. The summed E-state index contributed by atoms with van der Waals surface area (Å²) in [5.41, 5.74) is 15.9. The summed E-state index contributed by atoms with van der Waals surface area (Å²) in [5, 5.41) is 0. The normalized spacial score (nSPS) is 19.1. The summed E-state index contributed by atoms with van der Waals surface area (Å²) < 4.78 is 0. The van der Waals surface area contributed by atoms with Gasteiger partial charge in [0.25, 0.3) is 0 Å². The molecule has 0 bridgehead atoms. The lowest BCUT2D eigenvalue weighted by atomic mass is 9.97. The topological polar surface area (TPSA) is 103 Å². The van der Waals surface area contributed by atoms with Crippen LogP contribution in [0.2, 0.25) is 0 Å². The van der Waals surface area contributed by atoms with Crippen molar-refractivity contribution >= 4 is 11.9 Å². The highest BCUT2D eigenvalue weighted by Crippen LogP contribution is 2.25. The van der Waals surface area contributed by atoms with Crippen LogP contribution in [0.5, 0.6) is 0 Å². The lowest BCUT2D eigenvalue weighted by Crippen LogP contribution is -2.26. The number of guanidine groups is 2. The van der Waals surface area contributed by atoms with Crippen molar-refractivity contribution in [1.82, 2.24) is 0 Å². The van der Waals surface area contributed by atoms with E-state index in [2.05, 4.69) is 9.98 Å². The van der Waals surface area contributed by atoms with Crippen molar-refractivity contribution in [3.8, 4) is 0 Å². The summed E-state index contributed by atoms with van der Waals surface area (Å²) >= 11 is 0. The number of hydrogen-bond acceptors (Lipinski definition) is 1. The fraction of sp³-hybridized carbons (Fsp3) is 0.818. The number of aliphatic imine (C=N–C) groups is 2. The SMILES string of the molecule is NC(N)=N/C(N)=N/CCC1CCCCCC1. The molecule has 92 valence electrons. The van der Waals surface area contributed by atoms with Crippen molar-refractivity contribution in [3.63, 3.8) is 0 Å². The van der Waals surface area contributed by atoms with Gasteiger partial charge in [-0.3, -0.25) is 4.99 Å². The molecule has 0 aliphatic heterocycles. The van der Waals surface area contributed by atoms with Gasteiger partial charge >= 0.3 is 0 Å². The molecular formula is C11H23N5. The number of rotatable bonds is 3. The quantitative estimate of drug-likeness (QED) is 0.378. The van der Waals surface area contributed by atoms with Crippen LogP contribution >= 0.6 is 0 Å². The zero-order chi connectivity index (χ0) is 11.8. The van der Waals surface area contributed by atoms with Gasteiger partial charge in [0.05, 0.1) is 0 Å². The van der Waals surface area contributed by atoms with Crippen molar-refractivity contribution in [3.05, 3.63) is 0 Å². The molecule has 0 aromatic heterocycles. The van der Waals surface area contributed by atoms with Crippen LogP contribution < -0.4 is 17.2 Å². The molecule has 0 heterocycles. The van der Waals surface area contributed by atoms with Crippen LogP contribution in [0.15, 0.2) is 9.98 Å². The molecule has 0 aromatic carbocycles. The first kappa shape index (κ1) is 12.8. The summed E-state index contributed by atoms with van der Waals surface area (Å²) in [6.07, 6.45) is 9.25. The molecule has 16 heavy (non-hydrogen) atoms. The minimum Gasteiger partial charge on any atom is -0.370 e. The number of nitrogens with two attached hydrogens (primary N) is 3. The standard InChI is InChI=1S/C11H23N5/c12-10(13)16-11(14)15-8-7-9-5-3-1-2-4-6-9/h9H,1-8H2,(H6,12,13,14,15,16). The van der Waals surface area contributed by atoms with Gasteiger partial charge in [-0.1, -0.05) is 38.5 Å². The smallest absolute Gasteiger partial charge is 0.218 e. The lowest BCUT2D eigenvalue weighted by Gasteiger charge is -2.11. The van der Waals surface area contributed by atoms with Gasteiger partial charge in [-0.25, -0.2) is 0 Å². The van der Waals surface area contributed by atoms with Gasteiger partial charge in [0, 0.05) is 6.54 Å². The Bertz CT molecular complexity index is 247. The minimum absolute atomic E-state index is 0.0317. The molecule has 1 aliphatic carbocycles. The van der Waals surface area contributed by atoms with Crippen molar-refractivity contribution in [2.75, 3.05) is 6.54 Å². The van der Waals surface area contributed by atoms with Crippen molar-refractivity contribution < 1.29 is 0 Å². The summed E-state index contributed by atoms with van der Waals surface area (Å²) in [7, 11) is 0. The molecule has 0 aromatic rings. The molecule has 5 nitrogen and oxygen atoms in total. The van der Waals surface area contributed by atoms with Crippen LogP contribution in [0.1, 0.15) is 44.9 Å². The maximum absolute atomic E-state index is 5.52. The molecule has 0 radical (unpaired) electrons. The van der Waals surface area contributed by atoms with Crippen molar-refractivity contribution in [2.45, 2.75) is 44.9 Å². The molecule has 1 saturated carbocycles. The Hall–Kier alpha value is -1.26. The fourth-order valence-corrected chi connectivity index (χ4v) is 2.18. The second-order valence-electron chi connectivity index (χ2n) is 4.42. The third-order valence-electron chi connectivity index (χ3n) is 3.03. The van der Waals surface area contributed by atoms with Crippen LogP contribution in [-0.4, -0.2) is 18.5 Å². The van der Waals surface area contributed by atoms with Gasteiger partial charge in [0.15, 0.2) is 5.96 Å². The molecule has 1 aliphatic rings. The maximum Gasteiger partial charge on any atom is 0.218 e. The van der Waals surface area contributed by atoms with E-state index in [-0.39, 0.29) is 11.9 Å². The predicted molar refractivity (Wildman–Crippen MR) is 68.1 cm³/mol. The zero-order valence-corrected chi connectivity index (χ0v) is 9.86. The highest BCUT2D eigenvalue weighted by Gasteiger charge is 2.11. The molecule has 0 amide bonds. The second-order valence-corrected chi connectivity index (χ2v) is 4.42. The molecule has 1 fully saturated rings. The monoisotopic (exact) mass is 225 g/mol. The van der Waals surface area contributed by atoms with Gasteiger partial charge in [-0.2, -0.15) is 4.99 Å². The molecule has 0 atom stereocenters.